The summed E-state index contributed by atoms with van der Waals surface area (Å²) in [5.74, 6) is 1.31. The van der Waals surface area contributed by atoms with Gasteiger partial charge in [-0.1, -0.05) is 13.0 Å². The van der Waals surface area contributed by atoms with Gasteiger partial charge in [-0.05, 0) is 55.1 Å². The molecule has 0 radical (unpaired) electrons. The number of imidazole rings is 1. The summed E-state index contributed by atoms with van der Waals surface area (Å²) in [6.07, 6.45) is 6.46. The number of rotatable bonds is 3. The van der Waals surface area contributed by atoms with Crippen molar-refractivity contribution in [3.63, 3.8) is 0 Å². The van der Waals surface area contributed by atoms with Crippen molar-refractivity contribution in [3.8, 4) is 22.6 Å². The van der Waals surface area contributed by atoms with Gasteiger partial charge in [0.2, 0.25) is 0 Å². The van der Waals surface area contributed by atoms with Gasteiger partial charge < -0.3 is 10.3 Å². The first-order valence-electron chi connectivity index (χ1n) is 11.2. The first kappa shape index (κ1) is 20.0. The molecule has 3 N–H and O–H groups in total. The Balaban J connectivity index is 1.47. The third-order valence-electron chi connectivity index (χ3n) is 6.65. The zero-order chi connectivity index (χ0) is 22.5. The van der Waals surface area contributed by atoms with Gasteiger partial charge in [-0.25, -0.2) is 9.37 Å². The molecule has 166 valence electrons. The Hall–Kier alpha value is -3.65. The van der Waals surface area contributed by atoms with E-state index in [2.05, 4.69) is 38.5 Å². The highest BCUT2D eigenvalue weighted by atomic mass is 19.1. The van der Waals surface area contributed by atoms with Crippen molar-refractivity contribution < 1.29 is 4.39 Å². The number of nitrogens with zero attached hydrogens (tertiary/aromatic N) is 4. The summed E-state index contributed by atoms with van der Waals surface area (Å²) in [6.45, 7) is 6.15. The Morgan fingerprint density at radius 3 is 2.82 bits per heavy atom. The maximum atomic E-state index is 14.1. The zero-order valence-corrected chi connectivity index (χ0v) is 18.5. The monoisotopic (exact) mass is 441 g/mol. The van der Waals surface area contributed by atoms with Crippen molar-refractivity contribution in [1.82, 2.24) is 35.5 Å². The highest BCUT2D eigenvalue weighted by Crippen LogP contribution is 2.34. The van der Waals surface area contributed by atoms with Gasteiger partial charge in [-0.3, -0.25) is 15.1 Å². The van der Waals surface area contributed by atoms with Crippen molar-refractivity contribution in [2.45, 2.75) is 26.2 Å². The molecule has 7 nitrogen and oxygen atoms in total. The molecule has 0 aliphatic carbocycles. The van der Waals surface area contributed by atoms with Gasteiger partial charge in [-0.15, -0.1) is 0 Å². The van der Waals surface area contributed by atoms with Gasteiger partial charge in [0.1, 0.15) is 11.5 Å². The van der Waals surface area contributed by atoms with Crippen molar-refractivity contribution in [2.24, 2.45) is 5.92 Å². The van der Waals surface area contributed by atoms with Crippen LogP contribution < -0.4 is 5.32 Å². The molecular weight excluding hydrogens is 417 g/mol. The van der Waals surface area contributed by atoms with E-state index in [1.165, 1.54) is 12.1 Å². The van der Waals surface area contributed by atoms with Crippen LogP contribution in [0.2, 0.25) is 0 Å². The first-order chi connectivity index (χ1) is 16.1. The summed E-state index contributed by atoms with van der Waals surface area (Å²) < 4.78 is 14.1. The molecule has 1 fully saturated rings. The molecule has 2 atom stereocenters. The minimum atomic E-state index is -0.275. The summed E-state index contributed by atoms with van der Waals surface area (Å²) in [7, 11) is 0. The fourth-order valence-corrected chi connectivity index (χ4v) is 4.85. The fraction of sp³-hybridized carbons (Fsp3) is 0.280. The first-order valence-corrected chi connectivity index (χ1v) is 11.2. The van der Waals surface area contributed by atoms with E-state index in [1.54, 1.807) is 12.4 Å². The lowest BCUT2D eigenvalue weighted by atomic mass is 9.85. The second-order valence-electron chi connectivity index (χ2n) is 8.99. The standard InChI is InChI=1S/C25H24FN7/c1-13-5-15(7-16(26)6-13)19-10-28-11-22-23(19)31-25(30-22)24-17-8-20(29-12-21(17)32-33-24)18-9-27-4-3-14(18)2/h5-8,10-12,14,18,27H,3-4,9H2,1-2H3,(H,30,31)(H,32,33). The van der Waals surface area contributed by atoms with Crippen molar-refractivity contribution >= 4 is 21.9 Å². The van der Waals surface area contributed by atoms with Gasteiger partial charge in [0.25, 0.3) is 0 Å². The SMILES string of the molecule is Cc1cc(F)cc(-c2cncc3[nH]c(-c4n[nH]c5cnc(C6CNCCC6C)cc45)nc23)c1. The number of H-pyrrole nitrogens is 2. The van der Waals surface area contributed by atoms with E-state index in [-0.39, 0.29) is 5.82 Å². The molecular formula is C25H24FN7. The summed E-state index contributed by atoms with van der Waals surface area (Å²) in [5.41, 5.74) is 6.57. The summed E-state index contributed by atoms with van der Waals surface area (Å²) in [6, 6.07) is 7.09. The molecule has 0 spiro atoms. The number of pyridine rings is 2. The van der Waals surface area contributed by atoms with E-state index in [0.717, 1.165) is 69.5 Å². The fourth-order valence-electron chi connectivity index (χ4n) is 4.85. The van der Waals surface area contributed by atoms with E-state index in [9.17, 15) is 4.39 Å². The van der Waals surface area contributed by atoms with Crippen LogP contribution in [-0.4, -0.2) is 43.2 Å². The average molecular weight is 442 g/mol. The lowest BCUT2D eigenvalue weighted by molar-refractivity contribution is 0.343. The summed E-state index contributed by atoms with van der Waals surface area (Å²) >= 11 is 0. The van der Waals surface area contributed by atoms with E-state index in [0.29, 0.717) is 17.7 Å². The average Bonchev–Trinajstić information content (AvgIpc) is 3.42. The number of aryl methyl sites for hydroxylation is 1. The quantitative estimate of drug-likeness (QED) is 0.376. The van der Waals surface area contributed by atoms with Crippen LogP contribution in [0, 0.1) is 18.7 Å². The zero-order valence-electron chi connectivity index (χ0n) is 18.5. The van der Waals surface area contributed by atoms with Crippen molar-refractivity contribution in [3.05, 3.63) is 59.9 Å². The Morgan fingerprint density at radius 1 is 1.06 bits per heavy atom. The molecule has 1 aliphatic heterocycles. The van der Waals surface area contributed by atoms with Gasteiger partial charge in [-0.2, -0.15) is 5.10 Å². The van der Waals surface area contributed by atoms with Crippen LogP contribution in [-0.2, 0) is 0 Å². The van der Waals surface area contributed by atoms with Gasteiger partial charge in [0.15, 0.2) is 5.82 Å². The normalized spacial score (nSPS) is 18.9. The number of benzene rings is 1. The number of hydrogen-bond acceptors (Lipinski definition) is 5. The van der Waals surface area contributed by atoms with E-state index < -0.39 is 0 Å². The predicted molar refractivity (Wildman–Crippen MR) is 126 cm³/mol. The molecule has 6 rings (SSSR count). The topological polar surface area (TPSA) is 95.2 Å². The molecule has 5 heterocycles. The number of aromatic nitrogens is 6. The third kappa shape index (κ3) is 3.47. The second kappa shape index (κ2) is 7.74. The van der Waals surface area contributed by atoms with Gasteiger partial charge >= 0.3 is 0 Å². The molecule has 8 heteroatoms. The molecule has 0 amide bonds. The number of hydrogen-bond donors (Lipinski definition) is 3. The van der Waals surface area contributed by atoms with E-state index in [4.69, 9.17) is 9.97 Å². The van der Waals surface area contributed by atoms with E-state index >= 15 is 0 Å². The molecule has 0 saturated carbocycles. The van der Waals surface area contributed by atoms with Crippen LogP contribution in [0.5, 0.6) is 0 Å². The Kier molecular flexibility index (Phi) is 4.69. The third-order valence-corrected chi connectivity index (χ3v) is 6.65. The van der Waals surface area contributed by atoms with Crippen LogP contribution in [0.25, 0.3) is 44.6 Å². The lowest BCUT2D eigenvalue weighted by Crippen LogP contribution is -2.34. The second-order valence-corrected chi connectivity index (χ2v) is 8.99. The van der Waals surface area contributed by atoms with Crippen LogP contribution in [0.15, 0.2) is 42.9 Å². The van der Waals surface area contributed by atoms with Crippen molar-refractivity contribution in [1.29, 1.82) is 0 Å². The maximum absolute atomic E-state index is 14.1. The Labute approximate surface area is 189 Å². The van der Waals surface area contributed by atoms with E-state index in [1.807, 2.05) is 19.2 Å². The Morgan fingerprint density at radius 2 is 1.97 bits per heavy atom. The molecule has 4 aromatic heterocycles. The predicted octanol–water partition coefficient (Wildman–Crippen LogP) is 4.72. The molecule has 1 saturated heterocycles. The smallest absolute Gasteiger partial charge is 0.159 e. The van der Waals surface area contributed by atoms with Crippen LogP contribution in [0.4, 0.5) is 4.39 Å². The molecule has 33 heavy (non-hydrogen) atoms. The number of nitrogens with one attached hydrogen (secondary N) is 3. The minimum Gasteiger partial charge on any atom is -0.335 e. The maximum Gasteiger partial charge on any atom is 0.159 e. The number of fused-ring (bicyclic) bond motifs is 2. The largest absolute Gasteiger partial charge is 0.335 e. The van der Waals surface area contributed by atoms with Crippen LogP contribution in [0.1, 0.15) is 30.5 Å². The number of halogens is 1. The molecule has 2 unspecified atom stereocenters. The summed E-state index contributed by atoms with van der Waals surface area (Å²) in [5, 5.41) is 12.1. The van der Waals surface area contributed by atoms with Crippen LogP contribution in [0.3, 0.4) is 0 Å². The highest BCUT2D eigenvalue weighted by molar-refractivity contribution is 5.96. The van der Waals surface area contributed by atoms with Gasteiger partial charge in [0, 0.05) is 35.3 Å². The van der Waals surface area contributed by atoms with Crippen LogP contribution >= 0.6 is 0 Å². The highest BCUT2D eigenvalue weighted by Gasteiger charge is 2.25. The Bertz CT molecular complexity index is 1460. The minimum absolute atomic E-state index is 0.275. The molecule has 1 aromatic carbocycles. The molecule has 0 bridgehead atoms. The molecule has 1 aliphatic rings. The lowest BCUT2D eigenvalue weighted by Gasteiger charge is -2.29. The summed E-state index contributed by atoms with van der Waals surface area (Å²) in [4.78, 5) is 17.3. The molecule has 5 aromatic rings. The number of piperidine rings is 1. The van der Waals surface area contributed by atoms with Crippen molar-refractivity contribution in [2.75, 3.05) is 13.1 Å². The number of aromatic amines is 2. The van der Waals surface area contributed by atoms with Gasteiger partial charge in [0.05, 0.1) is 28.9 Å².